The molecule has 0 saturated heterocycles. The summed E-state index contributed by atoms with van der Waals surface area (Å²) in [6, 6.07) is 6.89. The van der Waals surface area contributed by atoms with E-state index in [1.54, 1.807) is 10.9 Å². The molecule has 0 radical (unpaired) electrons. The van der Waals surface area contributed by atoms with Gasteiger partial charge in [-0.15, -0.1) is 4.36 Å². The van der Waals surface area contributed by atoms with Crippen molar-refractivity contribution >= 4 is 45.2 Å². The Morgan fingerprint density at radius 1 is 1.29 bits per heavy atom. The first-order chi connectivity index (χ1) is 16.6. The summed E-state index contributed by atoms with van der Waals surface area (Å²) < 4.78 is 30.1. The first-order valence-electron chi connectivity index (χ1n) is 11.5. The fourth-order valence-corrected chi connectivity index (χ4v) is 5.17. The van der Waals surface area contributed by atoms with Crippen LogP contribution in [0.4, 0.5) is 10.5 Å². The number of carbonyl (C=O) groups excluding carboxylic acids is 1. The number of anilines is 1. The van der Waals surface area contributed by atoms with Crippen molar-refractivity contribution in [2.75, 3.05) is 11.9 Å². The minimum atomic E-state index is -3.56. The molecule has 3 N–H and O–H groups in total. The standard InChI is InChI=1S/C21H25B3N6O4S/c22-21(23,24)34-17-10-13(6-7-26-17)15-5-3-12-2-4-14(12)18(15)28-20(31)29-35(25,32)16-11-27-30-8-1-9-33-19(16)30/h3,5-7,10-11H,1-2,4,8-9,22-24H2,(H3,25,28,29,31,32). The van der Waals surface area contributed by atoms with Crippen LogP contribution < -0.4 is 19.9 Å². The second kappa shape index (κ2) is 8.76. The Morgan fingerprint density at radius 2 is 2.11 bits per heavy atom. The third-order valence-electron chi connectivity index (χ3n) is 5.79. The summed E-state index contributed by atoms with van der Waals surface area (Å²) in [5.41, 5.74) is 4.42. The average molecular weight is 490 g/mol. The van der Waals surface area contributed by atoms with Crippen molar-refractivity contribution in [2.45, 2.75) is 36.0 Å². The number of hydrogen-bond acceptors (Lipinski definition) is 6. The highest BCUT2D eigenvalue weighted by Gasteiger charge is 2.26. The Morgan fingerprint density at radius 3 is 2.86 bits per heavy atom. The molecule has 2 aliphatic rings. The summed E-state index contributed by atoms with van der Waals surface area (Å²) in [5.74, 6) is 0.781. The molecular formula is C21H25B3N6O4S. The van der Waals surface area contributed by atoms with E-state index in [1.165, 1.54) is 6.20 Å². The van der Waals surface area contributed by atoms with E-state index in [1.807, 2.05) is 47.8 Å². The molecule has 1 aromatic carbocycles. The maximum Gasteiger partial charge on any atom is 0.354 e. The van der Waals surface area contributed by atoms with E-state index in [9.17, 15) is 9.00 Å². The van der Waals surface area contributed by atoms with E-state index < -0.39 is 21.2 Å². The van der Waals surface area contributed by atoms with Crippen LogP contribution in [0.25, 0.3) is 11.1 Å². The highest BCUT2D eigenvalue weighted by molar-refractivity contribution is 7.91. The highest BCUT2D eigenvalue weighted by Crippen LogP contribution is 2.39. The molecule has 14 heteroatoms. The van der Waals surface area contributed by atoms with Gasteiger partial charge in [0.15, 0.2) is 9.92 Å². The predicted molar refractivity (Wildman–Crippen MR) is 140 cm³/mol. The van der Waals surface area contributed by atoms with Gasteiger partial charge in [-0.25, -0.2) is 23.8 Å². The molecule has 3 heterocycles. The van der Waals surface area contributed by atoms with Crippen molar-refractivity contribution in [1.82, 2.24) is 14.8 Å². The maximum atomic E-state index is 13.2. The number of aromatic nitrogens is 3. The lowest BCUT2D eigenvalue weighted by Gasteiger charge is -2.25. The fraction of sp³-hybridized carbons (Fsp3) is 0.286. The lowest BCUT2D eigenvalue weighted by atomic mass is 9.52. The average Bonchev–Trinajstić information content (AvgIpc) is 3.19. The fourth-order valence-electron chi connectivity index (χ4n) is 4.17. The summed E-state index contributed by atoms with van der Waals surface area (Å²) in [6.45, 7) is 1.09. The number of fused-ring (bicyclic) bond motifs is 2. The van der Waals surface area contributed by atoms with Crippen molar-refractivity contribution in [2.24, 2.45) is 9.50 Å². The highest BCUT2D eigenvalue weighted by atomic mass is 32.2. The molecule has 5 rings (SSSR count). The molecule has 1 atom stereocenters. The molecule has 3 aromatic rings. The molecule has 1 aliphatic carbocycles. The maximum absolute atomic E-state index is 13.2. The van der Waals surface area contributed by atoms with Gasteiger partial charge in [-0.3, -0.25) is 0 Å². The number of amides is 2. The Balaban J connectivity index is 1.48. The van der Waals surface area contributed by atoms with E-state index in [2.05, 4.69) is 19.8 Å². The van der Waals surface area contributed by atoms with Gasteiger partial charge in [0.05, 0.1) is 18.5 Å². The molecule has 2 amide bonds. The molecule has 2 aromatic heterocycles. The molecule has 10 nitrogen and oxygen atoms in total. The number of rotatable bonds is 5. The number of carbonyl (C=O) groups is 1. The number of benzene rings is 1. The third kappa shape index (κ3) is 4.80. The molecule has 0 spiro atoms. The van der Waals surface area contributed by atoms with Gasteiger partial charge in [0.1, 0.15) is 28.4 Å². The van der Waals surface area contributed by atoms with Crippen LogP contribution in [0.1, 0.15) is 17.5 Å². The minimum Gasteiger partial charge on any atom is -0.499 e. The molecule has 1 aliphatic heterocycles. The quantitative estimate of drug-likeness (QED) is 0.470. The lowest BCUT2D eigenvalue weighted by molar-refractivity contribution is 0.224. The van der Waals surface area contributed by atoms with Crippen molar-refractivity contribution in [3.8, 4) is 22.9 Å². The van der Waals surface area contributed by atoms with Crippen molar-refractivity contribution in [1.29, 1.82) is 0 Å². The van der Waals surface area contributed by atoms with Crippen LogP contribution in [-0.4, -0.2) is 60.4 Å². The zero-order valence-electron chi connectivity index (χ0n) is 19.9. The summed E-state index contributed by atoms with van der Waals surface area (Å²) in [7, 11) is 2.29. The lowest BCUT2D eigenvalue weighted by Crippen LogP contribution is -2.37. The van der Waals surface area contributed by atoms with Gasteiger partial charge in [-0.1, -0.05) is 12.1 Å². The zero-order valence-corrected chi connectivity index (χ0v) is 20.7. The van der Waals surface area contributed by atoms with Crippen LogP contribution in [0.2, 0.25) is 0 Å². The first-order valence-corrected chi connectivity index (χ1v) is 13.0. The van der Waals surface area contributed by atoms with Gasteiger partial charge in [0.25, 0.3) is 0 Å². The first kappa shape index (κ1) is 23.5. The number of pyridine rings is 1. The summed E-state index contributed by atoms with van der Waals surface area (Å²) in [5, 5.41) is 12.6. The molecular weight excluding hydrogens is 465 g/mol. The second-order valence-electron chi connectivity index (χ2n) is 9.55. The Bertz CT molecular complexity index is 1450. The molecule has 1 unspecified atom stereocenters. The van der Waals surface area contributed by atoms with Gasteiger partial charge in [0, 0.05) is 36.1 Å². The largest absolute Gasteiger partial charge is 0.499 e. The number of urea groups is 1. The molecule has 178 valence electrons. The number of nitrogens with one attached hydrogen (secondary N) is 1. The third-order valence-corrected chi connectivity index (χ3v) is 7.14. The summed E-state index contributed by atoms with van der Waals surface area (Å²) in [4.78, 5) is 17.4. The second-order valence-corrected chi connectivity index (χ2v) is 11.3. The number of hydrogen-bond donors (Lipinski definition) is 2. The SMILES string of the molecule is BC(B)(B)Oc1cc(-c2ccc3c(c2NC(=O)N=S(N)(=O)c2cnn4c2OCCC4)CC3)ccn1. The molecule has 0 saturated carbocycles. The normalized spacial score (nSPS) is 16.0. The number of ether oxygens (including phenoxy) is 2. The monoisotopic (exact) mass is 490 g/mol. The van der Waals surface area contributed by atoms with Crippen LogP contribution in [0.5, 0.6) is 11.8 Å². The minimum absolute atomic E-state index is 0.117. The Hall–Kier alpha value is -3.25. The van der Waals surface area contributed by atoms with Crippen molar-refractivity contribution in [3.05, 3.63) is 47.8 Å². The Kier molecular flexibility index (Phi) is 5.88. The Labute approximate surface area is 206 Å². The van der Waals surface area contributed by atoms with Crippen LogP contribution in [0.15, 0.2) is 45.9 Å². The topological polar surface area (TPSA) is 134 Å². The van der Waals surface area contributed by atoms with Crippen molar-refractivity contribution < 1.29 is 18.5 Å². The predicted octanol–water partition coefficient (Wildman–Crippen LogP) is -0.352. The number of aryl methyl sites for hydroxylation is 2. The van der Waals surface area contributed by atoms with Crippen LogP contribution >= 0.6 is 0 Å². The summed E-state index contributed by atoms with van der Waals surface area (Å²) in [6.07, 6.45) is 5.56. The van der Waals surface area contributed by atoms with Gasteiger partial charge < -0.3 is 14.8 Å². The van der Waals surface area contributed by atoms with E-state index >= 15 is 0 Å². The van der Waals surface area contributed by atoms with E-state index in [4.69, 9.17) is 14.6 Å². The van der Waals surface area contributed by atoms with Crippen LogP contribution in [-0.2, 0) is 29.3 Å². The number of nitrogens with two attached hydrogens (primary N) is 1. The van der Waals surface area contributed by atoms with Gasteiger partial charge >= 0.3 is 6.03 Å². The van der Waals surface area contributed by atoms with Crippen LogP contribution in [0, 0.1) is 0 Å². The van der Waals surface area contributed by atoms with Crippen molar-refractivity contribution in [3.63, 3.8) is 0 Å². The molecule has 0 bridgehead atoms. The van der Waals surface area contributed by atoms with Crippen LogP contribution in [0.3, 0.4) is 0 Å². The van der Waals surface area contributed by atoms with E-state index in [0.717, 1.165) is 41.5 Å². The van der Waals surface area contributed by atoms with Gasteiger partial charge in [0.2, 0.25) is 11.8 Å². The summed E-state index contributed by atoms with van der Waals surface area (Å²) >= 11 is 0. The van der Waals surface area contributed by atoms with E-state index in [-0.39, 0.29) is 4.90 Å². The smallest absolute Gasteiger partial charge is 0.354 e. The molecule has 35 heavy (non-hydrogen) atoms. The zero-order chi connectivity index (χ0) is 24.8. The van der Waals surface area contributed by atoms with Gasteiger partial charge in [-0.2, -0.15) is 5.10 Å². The van der Waals surface area contributed by atoms with E-state index in [0.29, 0.717) is 30.6 Å². The number of nitrogens with zero attached hydrogens (tertiary/aromatic N) is 4. The van der Waals surface area contributed by atoms with Gasteiger partial charge in [-0.05, 0) is 35.6 Å². The molecule has 0 fully saturated rings.